The number of nitrogens with zero attached hydrogens (tertiary/aromatic N) is 1. The number of carbonyl (C=O) groups excluding carboxylic acids is 2. The summed E-state index contributed by atoms with van der Waals surface area (Å²) in [7, 11) is 0. The molecule has 0 unspecified atom stereocenters. The summed E-state index contributed by atoms with van der Waals surface area (Å²) in [6.45, 7) is 3.69. The van der Waals surface area contributed by atoms with Crippen molar-refractivity contribution >= 4 is 35.0 Å². The molecule has 28 heavy (non-hydrogen) atoms. The number of carbonyl (C=O) groups is 2. The molecule has 9 heteroatoms. The topological polar surface area (TPSA) is 89.6 Å². The molecule has 2 aromatic rings. The highest BCUT2D eigenvalue weighted by atomic mass is 35.5. The van der Waals surface area contributed by atoms with Gasteiger partial charge in [-0.15, -0.1) is 0 Å². The molecule has 1 heterocycles. The van der Waals surface area contributed by atoms with Gasteiger partial charge < -0.3 is 20.1 Å². The first-order valence-electron chi connectivity index (χ1n) is 8.30. The molecule has 0 radical (unpaired) electrons. The number of amides is 2. The fraction of sp³-hybridized carbons (Fsp3) is 0.211. The van der Waals surface area contributed by atoms with Crippen LogP contribution in [0.25, 0.3) is 0 Å². The molecule has 0 saturated heterocycles. The molecule has 0 aliphatic rings. The quantitative estimate of drug-likeness (QED) is 0.612. The molecule has 0 spiro atoms. The van der Waals surface area contributed by atoms with Crippen molar-refractivity contribution < 1.29 is 19.1 Å². The molecule has 0 atom stereocenters. The number of halogens is 2. The lowest BCUT2D eigenvalue weighted by Gasteiger charge is -2.11. The Labute approximate surface area is 172 Å². The maximum Gasteiger partial charge on any atom is 0.262 e. The van der Waals surface area contributed by atoms with Crippen molar-refractivity contribution in [2.75, 3.05) is 19.8 Å². The first-order chi connectivity index (χ1) is 13.4. The molecule has 0 saturated carbocycles. The van der Waals surface area contributed by atoms with Gasteiger partial charge in [-0.1, -0.05) is 35.8 Å². The Balaban J connectivity index is 1.59. The van der Waals surface area contributed by atoms with Crippen molar-refractivity contribution in [2.45, 2.75) is 6.42 Å². The van der Waals surface area contributed by atoms with Crippen LogP contribution < -0.4 is 20.1 Å². The van der Waals surface area contributed by atoms with Crippen molar-refractivity contribution in [3.05, 3.63) is 64.9 Å². The Kier molecular flexibility index (Phi) is 8.58. The first kappa shape index (κ1) is 21.5. The lowest BCUT2D eigenvalue weighted by atomic mass is 10.3. The van der Waals surface area contributed by atoms with E-state index in [0.29, 0.717) is 40.3 Å². The number of hydrogen-bond acceptors (Lipinski definition) is 5. The minimum atomic E-state index is -0.357. The van der Waals surface area contributed by atoms with Gasteiger partial charge in [-0.05, 0) is 18.2 Å². The van der Waals surface area contributed by atoms with Crippen LogP contribution in [-0.2, 0) is 9.59 Å². The summed E-state index contributed by atoms with van der Waals surface area (Å²) in [6, 6.07) is 9.89. The van der Waals surface area contributed by atoms with Crippen LogP contribution >= 0.6 is 23.2 Å². The van der Waals surface area contributed by atoms with Gasteiger partial charge in [0.25, 0.3) is 11.8 Å². The fourth-order valence-electron chi connectivity index (χ4n) is 1.99. The van der Waals surface area contributed by atoms with Gasteiger partial charge in [-0.25, -0.2) is 4.98 Å². The maximum absolute atomic E-state index is 11.8. The largest absolute Gasteiger partial charge is 0.484 e. The monoisotopic (exact) mass is 423 g/mol. The molecule has 2 amide bonds. The number of aromatic nitrogens is 1. The molecular formula is C19H19Cl2N3O4. The van der Waals surface area contributed by atoms with Gasteiger partial charge in [-0.3, -0.25) is 9.59 Å². The minimum Gasteiger partial charge on any atom is -0.484 e. The van der Waals surface area contributed by atoms with Gasteiger partial charge in [0.1, 0.15) is 5.75 Å². The van der Waals surface area contributed by atoms with Gasteiger partial charge in [0, 0.05) is 37.0 Å². The van der Waals surface area contributed by atoms with Crippen LogP contribution in [0.4, 0.5) is 0 Å². The number of hydrogen-bond donors (Lipinski definition) is 2. The summed E-state index contributed by atoms with van der Waals surface area (Å²) in [5.41, 5.74) is 0.459. The smallest absolute Gasteiger partial charge is 0.262 e. The van der Waals surface area contributed by atoms with Crippen molar-refractivity contribution in [1.82, 2.24) is 15.6 Å². The molecule has 0 aliphatic carbocycles. The first-order valence-corrected chi connectivity index (χ1v) is 9.05. The van der Waals surface area contributed by atoms with Crippen LogP contribution in [0.3, 0.4) is 0 Å². The lowest BCUT2D eigenvalue weighted by molar-refractivity contribution is -0.123. The molecule has 148 valence electrons. The Hall–Kier alpha value is -2.77. The molecule has 0 bridgehead atoms. The lowest BCUT2D eigenvalue weighted by Crippen LogP contribution is -2.32. The number of nitrogens with one attached hydrogen (secondary N) is 2. The normalized spacial score (nSPS) is 10.1. The van der Waals surface area contributed by atoms with Gasteiger partial charge in [0.15, 0.2) is 13.2 Å². The van der Waals surface area contributed by atoms with E-state index in [0.717, 1.165) is 0 Å². The van der Waals surface area contributed by atoms with E-state index in [4.69, 9.17) is 32.7 Å². The molecule has 0 fully saturated rings. The average molecular weight is 424 g/mol. The molecule has 2 N–H and O–H groups in total. The summed E-state index contributed by atoms with van der Waals surface area (Å²) in [5.74, 6) is 0.125. The van der Waals surface area contributed by atoms with Gasteiger partial charge >= 0.3 is 0 Å². The Bertz CT molecular complexity index is 831. The molecular weight excluding hydrogens is 405 g/mol. The van der Waals surface area contributed by atoms with E-state index in [2.05, 4.69) is 22.2 Å². The van der Waals surface area contributed by atoms with E-state index < -0.39 is 0 Å². The zero-order valence-electron chi connectivity index (χ0n) is 14.9. The Morgan fingerprint density at radius 3 is 2.54 bits per heavy atom. The van der Waals surface area contributed by atoms with Crippen LogP contribution in [0.5, 0.6) is 11.6 Å². The standard InChI is InChI=1S/C19H19Cl2N3O4/c1-13(24-18(26)12-28-19-4-2-3-8-23-19)7-9-22-17(25)11-27-14-5-6-15(20)16(21)10-14/h2-6,8,10H,1,7,9,11-12H2,(H,22,25)(H,24,26). The highest BCUT2D eigenvalue weighted by molar-refractivity contribution is 6.42. The van der Waals surface area contributed by atoms with E-state index in [-0.39, 0.29) is 25.0 Å². The van der Waals surface area contributed by atoms with Crippen molar-refractivity contribution in [3.8, 4) is 11.6 Å². The maximum atomic E-state index is 11.8. The van der Waals surface area contributed by atoms with Gasteiger partial charge in [0.05, 0.1) is 10.0 Å². The molecule has 1 aromatic heterocycles. The third-order valence-corrected chi connectivity index (χ3v) is 4.05. The second-order valence-corrected chi connectivity index (χ2v) is 6.39. The van der Waals surface area contributed by atoms with Crippen LogP contribution in [0.15, 0.2) is 54.9 Å². The third-order valence-electron chi connectivity index (χ3n) is 3.32. The van der Waals surface area contributed by atoms with Crippen LogP contribution in [-0.4, -0.2) is 36.6 Å². The highest BCUT2D eigenvalue weighted by Crippen LogP contribution is 2.26. The number of rotatable bonds is 10. The van der Waals surface area contributed by atoms with E-state index in [9.17, 15) is 9.59 Å². The molecule has 2 rings (SSSR count). The van der Waals surface area contributed by atoms with Crippen LogP contribution in [0.1, 0.15) is 6.42 Å². The van der Waals surface area contributed by atoms with Crippen molar-refractivity contribution in [2.24, 2.45) is 0 Å². The van der Waals surface area contributed by atoms with Gasteiger partial charge in [-0.2, -0.15) is 0 Å². The molecule has 7 nitrogen and oxygen atoms in total. The fourth-order valence-corrected chi connectivity index (χ4v) is 2.28. The summed E-state index contributed by atoms with van der Waals surface area (Å²) in [5, 5.41) is 6.01. The average Bonchev–Trinajstić information content (AvgIpc) is 2.68. The van der Waals surface area contributed by atoms with Gasteiger partial charge in [0.2, 0.25) is 5.88 Å². The van der Waals surface area contributed by atoms with E-state index in [1.54, 1.807) is 36.5 Å². The zero-order chi connectivity index (χ0) is 20.4. The minimum absolute atomic E-state index is 0.172. The van der Waals surface area contributed by atoms with E-state index in [1.165, 1.54) is 6.07 Å². The second-order valence-electron chi connectivity index (χ2n) is 5.57. The Morgan fingerprint density at radius 1 is 1.04 bits per heavy atom. The number of benzene rings is 1. The predicted molar refractivity (Wildman–Crippen MR) is 107 cm³/mol. The van der Waals surface area contributed by atoms with Crippen LogP contribution in [0, 0.1) is 0 Å². The molecule has 1 aromatic carbocycles. The summed E-state index contributed by atoms with van der Waals surface area (Å²) < 4.78 is 10.6. The zero-order valence-corrected chi connectivity index (χ0v) is 16.4. The summed E-state index contributed by atoms with van der Waals surface area (Å²) in [6.07, 6.45) is 1.94. The van der Waals surface area contributed by atoms with E-state index in [1.807, 2.05) is 0 Å². The van der Waals surface area contributed by atoms with Crippen LogP contribution in [0.2, 0.25) is 10.0 Å². The molecule has 0 aliphatic heterocycles. The second kappa shape index (κ2) is 11.2. The summed E-state index contributed by atoms with van der Waals surface area (Å²) >= 11 is 11.7. The van der Waals surface area contributed by atoms with E-state index >= 15 is 0 Å². The predicted octanol–water partition coefficient (Wildman–Crippen LogP) is 2.98. The van der Waals surface area contributed by atoms with Crippen molar-refractivity contribution in [3.63, 3.8) is 0 Å². The number of ether oxygens (including phenoxy) is 2. The SMILES string of the molecule is C=C(CCNC(=O)COc1ccc(Cl)c(Cl)c1)NC(=O)COc1ccccn1. The number of pyridine rings is 1. The Morgan fingerprint density at radius 2 is 1.82 bits per heavy atom. The van der Waals surface area contributed by atoms with Crippen molar-refractivity contribution in [1.29, 1.82) is 0 Å². The third kappa shape index (κ3) is 7.85. The summed E-state index contributed by atoms with van der Waals surface area (Å²) in [4.78, 5) is 27.5. The highest BCUT2D eigenvalue weighted by Gasteiger charge is 2.07.